The summed E-state index contributed by atoms with van der Waals surface area (Å²) in [4.78, 5) is 12.0. The van der Waals surface area contributed by atoms with Crippen molar-refractivity contribution in [3.63, 3.8) is 0 Å². The molecule has 1 unspecified atom stereocenters. The molecule has 1 aliphatic heterocycles. The van der Waals surface area contributed by atoms with Gasteiger partial charge in [-0.05, 0) is 25.0 Å². The molecule has 0 saturated heterocycles. The third-order valence-electron chi connectivity index (χ3n) is 3.50. The van der Waals surface area contributed by atoms with Crippen LogP contribution in [0.15, 0.2) is 0 Å². The second-order valence-corrected chi connectivity index (χ2v) is 4.70. The van der Waals surface area contributed by atoms with Gasteiger partial charge in [0.25, 0.3) is 0 Å². The Balaban J connectivity index is 2.72. The smallest absolute Gasteiger partial charge is 0.344 e. The highest BCUT2D eigenvalue weighted by atomic mass is 16.7. The molecule has 0 aromatic heterocycles. The Labute approximate surface area is 105 Å². The van der Waals surface area contributed by atoms with E-state index in [1.165, 1.54) is 7.11 Å². The zero-order chi connectivity index (χ0) is 13.7. The van der Waals surface area contributed by atoms with Gasteiger partial charge in [-0.15, -0.1) is 0 Å². The number of benzene rings is 1. The maximum Gasteiger partial charge on any atom is 0.344 e. The molecule has 18 heavy (non-hydrogen) atoms. The third kappa shape index (κ3) is 1.62. The summed E-state index contributed by atoms with van der Waals surface area (Å²) in [6.07, 6.45) is 0.289. The quantitative estimate of drug-likeness (QED) is 0.745. The number of methoxy groups -OCH3 is 1. The van der Waals surface area contributed by atoms with E-state index in [4.69, 9.17) is 9.47 Å². The molecule has 0 aliphatic carbocycles. The van der Waals surface area contributed by atoms with Crippen molar-refractivity contribution in [3.05, 3.63) is 22.3 Å². The average molecular weight is 252 g/mol. The van der Waals surface area contributed by atoms with Gasteiger partial charge in [-0.1, -0.05) is 0 Å². The van der Waals surface area contributed by atoms with Gasteiger partial charge in [0.2, 0.25) is 5.79 Å². The van der Waals surface area contributed by atoms with Gasteiger partial charge in [-0.25, -0.2) is 4.79 Å². The molecule has 1 atom stereocenters. The lowest BCUT2D eigenvalue weighted by molar-refractivity contribution is -0.177. The summed E-state index contributed by atoms with van der Waals surface area (Å²) in [6.45, 7) is 4.89. The number of esters is 1. The first-order valence-electron chi connectivity index (χ1n) is 5.63. The van der Waals surface area contributed by atoms with Crippen LogP contribution in [0.25, 0.3) is 0 Å². The van der Waals surface area contributed by atoms with E-state index in [0.29, 0.717) is 11.1 Å². The van der Waals surface area contributed by atoms with E-state index < -0.39 is 11.8 Å². The van der Waals surface area contributed by atoms with Crippen molar-refractivity contribution in [3.8, 4) is 11.5 Å². The first-order valence-corrected chi connectivity index (χ1v) is 5.63. The van der Waals surface area contributed by atoms with Crippen LogP contribution in [0, 0.1) is 13.8 Å². The summed E-state index contributed by atoms with van der Waals surface area (Å²) in [5, 5.41) is 19.9. The normalized spacial score (nSPS) is 22.6. The Bertz CT molecular complexity index is 535. The summed E-state index contributed by atoms with van der Waals surface area (Å²) >= 11 is 0. The molecule has 0 fully saturated rings. The first kappa shape index (κ1) is 12.7. The second kappa shape index (κ2) is 3.88. The number of carbonyl (C=O) groups is 1. The van der Waals surface area contributed by atoms with Crippen LogP contribution in [0.1, 0.15) is 34.0 Å². The lowest BCUT2D eigenvalue weighted by Gasteiger charge is -2.34. The number of phenols is 2. The van der Waals surface area contributed by atoms with Crippen molar-refractivity contribution in [2.45, 2.75) is 33.0 Å². The first-order chi connectivity index (χ1) is 8.30. The summed E-state index contributed by atoms with van der Waals surface area (Å²) < 4.78 is 10.3. The number of cyclic esters (lactones) is 1. The van der Waals surface area contributed by atoms with E-state index in [0.717, 1.165) is 0 Å². The molecule has 1 aliphatic rings. The molecular weight excluding hydrogens is 236 g/mol. The molecule has 5 heteroatoms. The fourth-order valence-electron chi connectivity index (χ4n) is 2.21. The van der Waals surface area contributed by atoms with Crippen LogP contribution in [0.4, 0.5) is 0 Å². The Hall–Kier alpha value is -1.75. The highest BCUT2D eigenvalue weighted by molar-refractivity contribution is 5.97. The van der Waals surface area contributed by atoms with Crippen molar-refractivity contribution in [1.82, 2.24) is 0 Å². The SMILES string of the molecule is COC1(C)Cc2c(C)c(O)c(C)c(O)c2C(=O)O1. The lowest BCUT2D eigenvalue weighted by Crippen LogP contribution is -2.41. The Morgan fingerprint density at radius 3 is 2.39 bits per heavy atom. The van der Waals surface area contributed by atoms with Crippen molar-refractivity contribution >= 4 is 5.97 Å². The number of rotatable bonds is 1. The number of phenolic OH excluding ortho intramolecular Hbond substituents is 2. The molecule has 1 aromatic carbocycles. The molecule has 5 nitrogen and oxygen atoms in total. The summed E-state index contributed by atoms with van der Waals surface area (Å²) in [5.41, 5.74) is 1.54. The average Bonchev–Trinajstić information content (AvgIpc) is 2.33. The van der Waals surface area contributed by atoms with Gasteiger partial charge in [-0.3, -0.25) is 0 Å². The molecule has 1 aromatic rings. The number of aromatic hydroxyl groups is 2. The van der Waals surface area contributed by atoms with Gasteiger partial charge in [0.05, 0.1) is 0 Å². The Morgan fingerprint density at radius 2 is 1.83 bits per heavy atom. The minimum atomic E-state index is -1.07. The fraction of sp³-hybridized carbons (Fsp3) is 0.462. The second-order valence-electron chi connectivity index (χ2n) is 4.70. The van der Waals surface area contributed by atoms with E-state index >= 15 is 0 Å². The van der Waals surface area contributed by atoms with E-state index in [2.05, 4.69) is 0 Å². The largest absolute Gasteiger partial charge is 0.507 e. The van der Waals surface area contributed by atoms with Crippen LogP contribution < -0.4 is 0 Å². The molecule has 2 rings (SSSR count). The zero-order valence-electron chi connectivity index (χ0n) is 10.8. The lowest BCUT2D eigenvalue weighted by atomic mass is 9.89. The highest BCUT2D eigenvalue weighted by Crippen LogP contribution is 2.42. The fourth-order valence-corrected chi connectivity index (χ4v) is 2.21. The molecule has 98 valence electrons. The highest BCUT2D eigenvalue weighted by Gasteiger charge is 2.40. The molecule has 0 amide bonds. The van der Waals surface area contributed by atoms with Gasteiger partial charge in [0, 0.05) is 26.0 Å². The standard InChI is InChI=1S/C13H16O5/c1-6-8-5-13(3,17-4)18-12(16)9(8)11(15)7(2)10(6)14/h14-15H,5H2,1-4H3. The van der Waals surface area contributed by atoms with Crippen LogP contribution in [0.3, 0.4) is 0 Å². The van der Waals surface area contributed by atoms with Crippen LogP contribution >= 0.6 is 0 Å². The van der Waals surface area contributed by atoms with Crippen LogP contribution in [0.5, 0.6) is 11.5 Å². The number of fused-ring (bicyclic) bond motifs is 1. The predicted molar refractivity (Wildman–Crippen MR) is 63.8 cm³/mol. The molecular formula is C13H16O5. The molecule has 2 N–H and O–H groups in total. The maximum absolute atomic E-state index is 12.0. The maximum atomic E-state index is 12.0. The Kier molecular flexibility index (Phi) is 2.74. The van der Waals surface area contributed by atoms with Crippen LogP contribution in [-0.2, 0) is 15.9 Å². The monoisotopic (exact) mass is 252 g/mol. The molecule has 0 bridgehead atoms. The van der Waals surface area contributed by atoms with Crippen molar-refractivity contribution in [1.29, 1.82) is 0 Å². The molecule has 0 spiro atoms. The van der Waals surface area contributed by atoms with Crippen molar-refractivity contribution in [2.24, 2.45) is 0 Å². The molecule has 1 heterocycles. The zero-order valence-corrected chi connectivity index (χ0v) is 10.8. The van der Waals surface area contributed by atoms with Gasteiger partial charge in [0.15, 0.2) is 0 Å². The van der Waals surface area contributed by atoms with E-state index in [1.807, 2.05) is 0 Å². The topological polar surface area (TPSA) is 76.0 Å². The summed E-state index contributed by atoms with van der Waals surface area (Å²) in [6, 6.07) is 0. The minimum Gasteiger partial charge on any atom is -0.507 e. The van der Waals surface area contributed by atoms with Gasteiger partial charge in [-0.2, -0.15) is 0 Å². The molecule has 0 radical (unpaired) electrons. The van der Waals surface area contributed by atoms with Gasteiger partial charge in [0.1, 0.15) is 17.1 Å². The Morgan fingerprint density at radius 1 is 1.22 bits per heavy atom. The van der Waals surface area contributed by atoms with E-state index in [-0.39, 0.29) is 29.0 Å². The van der Waals surface area contributed by atoms with Crippen molar-refractivity contribution in [2.75, 3.05) is 7.11 Å². The van der Waals surface area contributed by atoms with Crippen LogP contribution in [0.2, 0.25) is 0 Å². The number of hydrogen-bond acceptors (Lipinski definition) is 5. The molecule has 0 saturated carbocycles. The number of hydrogen-bond donors (Lipinski definition) is 2. The number of carbonyl (C=O) groups excluding carboxylic acids is 1. The number of ether oxygens (including phenoxy) is 2. The minimum absolute atomic E-state index is 0.000553. The van der Waals surface area contributed by atoms with E-state index in [1.54, 1.807) is 20.8 Å². The van der Waals surface area contributed by atoms with Gasteiger partial charge >= 0.3 is 5.97 Å². The predicted octanol–water partition coefficient (Wildman–Crippen LogP) is 1.79. The van der Waals surface area contributed by atoms with Crippen molar-refractivity contribution < 1.29 is 24.5 Å². The van der Waals surface area contributed by atoms with E-state index in [9.17, 15) is 15.0 Å². The summed E-state index contributed by atoms with van der Waals surface area (Å²) in [5.74, 6) is -1.93. The van der Waals surface area contributed by atoms with Crippen LogP contribution in [-0.4, -0.2) is 29.1 Å². The third-order valence-corrected chi connectivity index (χ3v) is 3.50. The summed E-state index contributed by atoms with van der Waals surface area (Å²) in [7, 11) is 1.45. The van der Waals surface area contributed by atoms with Gasteiger partial charge < -0.3 is 19.7 Å².